The molecule has 1 aromatic carbocycles. The Labute approximate surface area is 120 Å². The summed E-state index contributed by atoms with van der Waals surface area (Å²) in [5, 5.41) is 0.903. The van der Waals surface area contributed by atoms with E-state index < -0.39 is 0 Å². The summed E-state index contributed by atoms with van der Waals surface area (Å²) in [5.41, 5.74) is 3.84. The van der Waals surface area contributed by atoms with E-state index in [1.165, 1.54) is 0 Å². The van der Waals surface area contributed by atoms with Crippen molar-refractivity contribution in [3.63, 3.8) is 0 Å². The van der Waals surface area contributed by atoms with E-state index in [0.717, 1.165) is 27.9 Å². The summed E-state index contributed by atoms with van der Waals surface area (Å²) >= 11 is 10.5. The van der Waals surface area contributed by atoms with Crippen LogP contribution in [-0.4, -0.2) is 15.0 Å². The molecule has 0 aliphatic carbocycles. The van der Waals surface area contributed by atoms with Gasteiger partial charge in [-0.2, -0.15) is 0 Å². The second kappa shape index (κ2) is 4.68. The van der Waals surface area contributed by atoms with Crippen LogP contribution in [0.15, 0.2) is 36.4 Å². The minimum absolute atomic E-state index is 0.495. The first-order valence-corrected chi connectivity index (χ1v) is 6.66. The maximum Gasteiger partial charge on any atom is 0.177 e. The van der Waals surface area contributed by atoms with Gasteiger partial charge in [0.1, 0.15) is 10.3 Å². The number of benzene rings is 1. The van der Waals surface area contributed by atoms with Crippen molar-refractivity contribution >= 4 is 35.5 Å². The van der Waals surface area contributed by atoms with E-state index in [1.54, 1.807) is 0 Å². The SMILES string of the molecule is Cc1cc(-c2ccccc2)c2c(=S)[nH]c(=S)[nH]c2n1. The van der Waals surface area contributed by atoms with Gasteiger partial charge in [0.2, 0.25) is 0 Å². The Balaban J connectivity index is 2.49. The molecule has 0 aliphatic rings. The summed E-state index contributed by atoms with van der Waals surface area (Å²) in [6.07, 6.45) is 0. The summed E-state index contributed by atoms with van der Waals surface area (Å²) in [6, 6.07) is 12.2. The van der Waals surface area contributed by atoms with Gasteiger partial charge in [-0.1, -0.05) is 42.5 Å². The van der Waals surface area contributed by atoms with Crippen LogP contribution in [-0.2, 0) is 0 Å². The molecule has 0 aliphatic heterocycles. The lowest BCUT2D eigenvalue weighted by atomic mass is 10.0. The highest BCUT2D eigenvalue weighted by Crippen LogP contribution is 2.27. The molecule has 19 heavy (non-hydrogen) atoms. The minimum Gasteiger partial charge on any atom is -0.323 e. The van der Waals surface area contributed by atoms with Crippen LogP contribution in [0.3, 0.4) is 0 Å². The normalized spacial score (nSPS) is 10.8. The predicted molar refractivity (Wildman–Crippen MR) is 82.3 cm³/mol. The molecule has 3 aromatic rings. The van der Waals surface area contributed by atoms with Gasteiger partial charge < -0.3 is 9.97 Å². The summed E-state index contributed by atoms with van der Waals surface area (Å²) in [5.74, 6) is 0. The largest absolute Gasteiger partial charge is 0.323 e. The van der Waals surface area contributed by atoms with Gasteiger partial charge in [-0.25, -0.2) is 4.98 Å². The first kappa shape index (κ1) is 12.2. The van der Waals surface area contributed by atoms with Crippen LogP contribution in [0.25, 0.3) is 22.2 Å². The molecule has 0 bridgehead atoms. The Morgan fingerprint density at radius 3 is 2.53 bits per heavy atom. The molecule has 3 nitrogen and oxygen atoms in total. The second-order valence-corrected chi connectivity index (χ2v) is 5.13. The number of rotatable bonds is 1. The van der Waals surface area contributed by atoms with Crippen LogP contribution < -0.4 is 0 Å². The van der Waals surface area contributed by atoms with Crippen LogP contribution in [0.2, 0.25) is 0 Å². The third-order valence-electron chi connectivity index (χ3n) is 2.92. The van der Waals surface area contributed by atoms with Crippen LogP contribution >= 0.6 is 24.4 Å². The summed E-state index contributed by atoms with van der Waals surface area (Å²) in [4.78, 5) is 10.5. The monoisotopic (exact) mass is 285 g/mol. The number of pyridine rings is 1. The van der Waals surface area contributed by atoms with Crippen molar-refractivity contribution in [2.45, 2.75) is 6.92 Å². The number of nitrogens with zero attached hydrogens (tertiary/aromatic N) is 1. The van der Waals surface area contributed by atoms with E-state index >= 15 is 0 Å². The lowest BCUT2D eigenvalue weighted by molar-refractivity contribution is 1.12. The number of nitrogens with one attached hydrogen (secondary N) is 2. The van der Waals surface area contributed by atoms with Gasteiger partial charge in [-0.05, 0) is 36.3 Å². The molecule has 2 N–H and O–H groups in total. The minimum atomic E-state index is 0.495. The molecule has 3 rings (SSSR count). The number of hydrogen-bond acceptors (Lipinski definition) is 3. The van der Waals surface area contributed by atoms with Gasteiger partial charge in [0.15, 0.2) is 4.77 Å². The number of aromatic nitrogens is 3. The fourth-order valence-electron chi connectivity index (χ4n) is 2.14. The molecule has 5 heteroatoms. The van der Waals surface area contributed by atoms with Crippen LogP contribution in [0.5, 0.6) is 0 Å². The van der Waals surface area contributed by atoms with Crippen molar-refractivity contribution < 1.29 is 0 Å². The zero-order valence-electron chi connectivity index (χ0n) is 10.2. The molecule has 94 valence electrons. The van der Waals surface area contributed by atoms with Crippen molar-refractivity contribution in [3.05, 3.63) is 51.5 Å². The molecular formula is C14H11N3S2. The molecule has 2 aromatic heterocycles. The van der Waals surface area contributed by atoms with E-state index in [2.05, 4.69) is 27.1 Å². The van der Waals surface area contributed by atoms with E-state index in [-0.39, 0.29) is 0 Å². The molecule has 0 saturated heterocycles. The molecule has 0 fully saturated rings. The first-order chi connectivity index (χ1) is 9.15. The molecular weight excluding hydrogens is 274 g/mol. The number of fused-ring (bicyclic) bond motifs is 1. The Kier molecular flexibility index (Phi) is 3.00. The maximum absolute atomic E-state index is 5.39. The first-order valence-electron chi connectivity index (χ1n) is 5.84. The van der Waals surface area contributed by atoms with E-state index in [4.69, 9.17) is 24.4 Å². The van der Waals surface area contributed by atoms with Gasteiger partial charge >= 0.3 is 0 Å². The predicted octanol–water partition coefficient (Wildman–Crippen LogP) is 4.33. The Bertz CT molecular complexity index is 863. The topological polar surface area (TPSA) is 44.5 Å². The fraction of sp³-hybridized carbons (Fsp3) is 0.0714. The third kappa shape index (κ3) is 2.22. The molecule has 2 heterocycles. The van der Waals surface area contributed by atoms with Gasteiger partial charge in [0, 0.05) is 5.69 Å². The zero-order chi connectivity index (χ0) is 13.4. The Hall–Kier alpha value is -1.85. The summed E-state index contributed by atoms with van der Waals surface area (Å²) in [6.45, 7) is 1.96. The van der Waals surface area contributed by atoms with Crippen LogP contribution in [0.4, 0.5) is 0 Å². The third-order valence-corrected chi connectivity index (χ3v) is 3.43. The highest BCUT2D eigenvalue weighted by atomic mass is 32.1. The average Bonchev–Trinajstić information content (AvgIpc) is 2.38. The second-order valence-electron chi connectivity index (χ2n) is 4.31. The van der Waals surface area contributed by atoms with Crippen LogP contribution in [0, 0.1) is 16.3 Å². The molecule has 0 spiro atoms. The highest BCUT2D eigenvalue weighted by molar-refractivity contribution is 7.72. The van der Waals surface area contributed by atoms with Crippen molar-refractivity contribution in [2.75, 3.05) is 0 Å². The zero-order valence-corrected chi connectivity index (χ0v) is 11.9. The lowest BCUT2D eigenvalue weighted by Crippen LogP contribution is -1.94. The van der Waals surface area contributed by atoms with Gasteiger partial charge in [-0.3, -0.25) is 0 Å². The number of hydrogen-bond donors (Lipinski definition) is 2. The number of H-pyrrole nitrogens is 2. The average molecular weight is 285 g/mol. The quantitative estimate of drug-likeness (QED) is 0.654. The van der Waals surface area contributed by atoms with E-state index in [1.807, 2.05) is 31.2 Å². The highest BCUT2D eigenvalue weighted by Gasteiger charge is 2.08. The molecule has 0 unspecified atom stereocenters. The summed E-state index contributed by atoms with van der Waals surface area (Å²) < 4.78 is 1.11. The van der Waals surface area contributed by atoms with Gasteiger partial charge in [0.25, 0.3) is 0 Å². The van der Waals surface area contributed by atoms with Gasteiger partial charge in [0.05, 0.1) is 5.39 Å². The Morgan fingerprint density at radius 1 is 1.05 bits per heavy atom. The van der Waals surface area contributed by atoms with E-state index in [9.17, 15) is 0 Å². The molecule has 0 saturated carbocycles. The standard InChI is InChI=1S/C14H11N3S2/c1-8-7-10(9-5-3-2-4-6-9)11-12(15-8)16-14(19)17-13(11)18/h2-7H,1H3,(H2,15,16,17,18,19). The molecule has 0 amide bonds. The van der Waals surface area contributed by atoms with Crippen LogP contribution in [0.1, 0.15) is 5.69 Å². The Morgan fingerprint density at radius 2 is 1.79 bits per heavy atom. The van der Waals surface area contributed by atoms with Gasteiger partial charge in [-0.15, -0.1) is 0 Å². The lowest BCUT2D eigenvalue weighted by Gasteiger charge is -2.08. The van der Waals surface area contributed by atoms with Crippen molar-refractivity contribution in [1.82, 2.24) is 15.0 Å². The number of aryl methyl sites for hydroxylation is 1. The van der Waals surface area contributed by atoms with Crippen molar-refractivity contribution in [3.8, 4) is 11.1 Å². The molecule has 0 radical (unpaired) electrons. The summed E-state index contributed by atoms with van der Waals surface area (Å²) in [7, 11) is 0. The maximum atomic E-state index is 5.39. The van der Waals surface area contributed by atoms with Crippen molar-refractivity contribution in [2.24, 2.45) is 0 Å². The smallest absolute Gasteiger partial charge is 0.177 e. The number of aromatic amines is 2. The van der Waals surface area contributed by atoms with Crippen molar-refractivity contribution in [1.29, 1.82) is 0 Å². The fourth-order valence-corrected chi connectivity index (χ4v) is 2.72. The van der Waals surface area contributed by atoms with E-state index in [0.29, 0.717) is 9.41 Å². The molecule has 0 atom stereocenters.